The van der Waals surface area contributed by atoms with Crippen molar-refractivity contribution in [1.82, 2.24) is 15.1 Å². The van der Waals surface area contributed by atoms with Crippen molar-refractivity contribution >= 4 is 22.4 Å². The number of amides is 1. The van der Waals surface area contributed by atoms with E-state index in [1.807, 2.05) is 7.05 Å². The largest absolute Gasteiger partial charge is 0.381 e. The zero-order valence-electron chi connectivity index (χ0n) is 9.97. The van der Waals surface area contributed by atoms with Gasteiger partial charge in [0.1, 0.15) is 0 Å². The molecule has 0 radical (unpaired) electrons. The fourth-order valence-electron chi connectivity index (χ4n) is 1.80. The monoisotopic (exact) mass is 256 g/mol. The SMILES string of the molecule is CNc1nnc(C(=O)N(C)C2CCOCC2)s1. The van der Waals surface area contributed by atoms with Crippen LogP contribution in [-0.4, -0.2) is 54.4 Å². The van der Waals surface area contributed by atoms with Gasteiger partial charge in [-0.05, 0) is 12.8 Å². The molecular weight excluding hydrogens is 240 g/mol. The van der Waals surface area contributed by atoms with Crippen LogP contribution in [-0.2, 0) is 4.74 Å². The van der Waals surface area contributed by atoms with Gasteiger partial charge in [0.15, 0.2) is 0 Å². The number of nitrogens with zero attached hydrogens (tertiary/aromatic N) is 3. The number of anilines is 1. The molecule has 1 aliphatic heterocycles. The maximum atomic E-state index is 12.1. The van der Waals surface area contributed by atoms with Gasteiger partial charge in [0.25, 0.3) is 5.91 Å². The molecule has 0 atom stereocenters. The van der Waals surface area contributed by atoms with Gasteiger partial charge in [0, 0.05) is 33.4 Å². The Hall–Kier alpha value is -1.21. The van der Waals surface area contributed by atoms with Crippen molar-refractivity contribution in [3.63, 3.8) is 0 Å². The van der Waals surface area contributed by atoms with Gasteiger partial charge >= 0.3 is 0 Å². The van der Waals surface area contributed by atoms with Gasteiger partial charge in [0.2, 0.25) is 10.1 Å². The van der Waals surface area contributed by atoms with E-state index in [9.17, 15) is 4.79 Å². The van der Waals surface area contributed by atoms with Crippen LogP contribution in [0.1, 0.15) is 22.6 Å². The molecule has 2 rings (SSSR count). The Bertz CT molecular complexity index is 389. The second-order valence-corrected chi connectivity index (χ2v) is 4.90. The predicted octanol–water partition coefficient (Wildman–Crippen LogP) is 0.831. The molecule has 1 saturated heterocycles. The molecule has 0 spiro atoms. The summed E-state index contributed by atoms with van der Waals surface area (Å²) in [5.41, 5.74) is 0. The van der Waals surface area contributed by atoms with Crippen LogP contribution in [0.4, 0.5) is 5.13 Å². The second-order valence-electron chi connectivity index (χ2n) is 3.92. The number of nitrogens with one attached hydrogen (secondary N) is 1. The van der Waals surface area contributed by atoms with Crippen LogP contribution in [0.3, 0.4) is 0 Å². The highest BCUT2D eigenvalue weighted by atomic mass is 32.1. The Labute approximate surface area is 104 Å². The minimum Gasteiger partial charge on any atom is -0.381 e. The molecule has 1 fully saturated rings. The summed E-state index contributed by atoms with van der Waals surface area (Å²) in [6, 6.07) is 0.248. The van der Waals surface area contributed by atoms with Gasteiger partial charge in [-0.3, -0.25) is 4.79 Å². The number of aromatic nitrogens is 2. The third-order valence-corrected chi connectivity index (χ3v) is 3.81. The first kappa shape index (κ1) is 12.3. The van der Waals surface area contributed by atoms with E-state index in [2.05, 4.69) is 15.5 Å². The zero-order chi connectivity index (χ0) is 12.3. The quantitative estimate of drug-likeness (QED) is 0.867. The van der Waals surface area contributed by atoms with Crippen LogP contribution >= 0.6 is 11.3 Å². The topological polar surface area (TPSA) is 67.4 Å². The van der Waals surface area contributed by atoms with E-state index in [-0.39, 0.29) is 11.9 Å². The molecule has 94 valence electrons. The van der Waals surface area contributed by atoms with Gasteiger partial charge in [-0.1, -0.05) is 11.3 Å². The van der Waals surface area contributed by atoms with Gasteiger partial charge in [0.05, 0.1) is 0 Å². The minimum atomic E-state index is -0.0594. The van der Waals surface area contributed by atoms with Gasteiger partial charge < -0.3 is 15.0 Å². The average molecular weight is 256 g/mol. The molecule has 0 saturated carbocycles. The van der Waals surface area contributed by atoms with Crippen LogP contribution in [0.25, 0.3) is 0 Å². The van der Waals surface area contributed by atoms with Crippen LogP contribution in [0.5, 0.6) is 0 Å². The Morgan fingerprint density at radius 2 is 2.18 bits per heavy atom. The molecule has 0 bridgehead atoms. The summed E-state index contributed by atoms with van der Waals surface area (Å²) >= 11 is 1.28. The number of hydrogen-bond acceptors (Lipinski definition) is 6. The van der Waals surface area contributed by atoms with Crippen LogP contribution in [0, 0.1) is 0 Å². The van der Waals surface area contributed by atoms with Crippen molar-refractivity contribution in [2.45, 2.75) is 18.9 Å². The van der Waals surface area contributed by atoms with E-state index in [1.165, 1.54) is 11.3 Å². The van der Waals surface area contributed by atoms with Crippen molar-refractivity contribution in [2.75, 3.05) is 32.6 Å². The lowest BCUT2D eigenvalue weighted by molar-refractivity contribution is 0.0361. The summed E-state index contributed by atoms with van der Waals surface area (Å²) < 4.78 is 5.28. The summed E-state index contributed by atoms with van der Waals surface area (Å²) in [6.07, 6.45) is 1.78. The molecule has 0 unspecified atom stereocenters. The van der Waals surface area contributed by atoms with Crippen LogP contribution in [0.2, 0.25) is 0 Å². The first-order valence-corrected chi connectivity index (χ1v) is 6.40. The highest BCUT2D eigenvalue weighted by Gasteiger charge is 2.25. The minimum absolute atomic E-state index is 0.0594. The van der Waals surface area contributed by atoms with Gasteiger partial charge in [-0.15, -0.1) is 10.2 Å². The van der Waals surface area contributed by atoms with E-state index in [1.54, 1.807) is 11.9 Å². The number of hydrogen-bond donors (Lipinski definition) is 1. The smallest absolute Gasteiger partial charge is 0.284 e. The van der Waals surface area contributed by atoms with E-state index in [4.69, 9.17) is 4.74 Å². The van der Waals surface area contributed by atoms with Crippen molar-refractivity contribution < 1.29 is 9.53 Å². The summed E-state index contributed by atoms with van der Waals surface area (Å²) in [4.78, 5) is 13.9. The molecule has 0 aliphatic carbocycles. The molecular formula is C10H16N4O2S. The molecule has 0 aromatic carbocycles. The highest BCUT2D eigenvalue weighted by molar-refractivity contribution is 7.17. The van der Waals surface area contributed by atoms with E-state index in [0.29, 0.717) is 10.1 Å². The van der Waals surface area contributed by atoms with Gasteiger partial charge in [-0.25, -0.2) is 0 Å². The molecule has 1 amide bonds. The molecule has 7 heteroatoms. The van der Waals surface area contributed by atoms with E-state index in [0.717, 1.165) is 26.1 Å². The lowest BCUT2D eigenvalue weighted by atomic mass is 10.1. The van der Waals surface area contributed by atoms with E-state index < -0.39 is 0 Å². The lowest BCUT2D eigenvalue weighted by Gasteiger charge is -2.30. The Balaban J connectivity index is 2.02. The second kappa shape index (κ2) is 5.42. The Kier molecular flexibility index (Phi) is 3.90. The van der Waals surface area contributed by atoms with Gasteiger partial charge in [-0.2, -0.15) is 0 Å². The molecule has 1 N–H and O–H groups in total. The molecule has 1 aromatic heterocycles. The fraction of sp³-hybridized carbons (Fsp3) is 0.700. The van der Waals surface area contributed by atoms with Crippen molar-refractivity contribution in [2.24, 2.45) is 0 Å². The van der Waals surface area contributed by atoms with E-state index >= 15 is 0 Å². The highest BCUT2D eigenvalue weighted by Crippen LogP contribution is 2.19. The third-order valence-electron chi connectivity index (χ3n) is 2.88. The summed E-state index contributed by atoms with van der Waals surface area (Å²) in [5, 5.41) is 11.7. The normalized spacial score (nSPS) is 16.8. The number of ether oxygens (including phenoxy) is 1. The van der Waals surface area contributed by atoms with Crippen LogP contribution < -0.4 is 5.32 Å². The summed E-state index contributed by atoms with van der Waals surface area (Å²) in [5.74, 6) is -0.0594. The maximum absolute atomic E-state index is 12.1. The number of rotatable bonds is 3. The average Bonchev–Trinajstić information content (AvgIpc) is 2.87. The molecule has 17 heavy (non-hydrogen) atoms. The Morgan fingerprint density at radius 3 is 2.76 bits per heavy atom. The Morgan fingerprint density at radius 1 is 1.47 bits per heavy atom. The fourth-order valence-corrected chi connectivity index (χ4v) is 2.48. The van der Waals surface area contributed by atoms with Crippen molar-refractivity contribution in [3.05, 3.63) is 5.01 Å². The third kappa shape index (κ3) is 2.73. The first-order valence-electron chi connectivity index (χ1n) is 5.58. The first-order chi connectivity index (χ1) is 8.22. The standard InChI is InChI=1S/C10H16N4O2S/c1-11-10-13-12-8(17-10)9(15)14(2)7-3-5-16-6-4-7/h7H,3-6H2,1-2H3,(H,11,13). The molecule has 1 aromatic rings. The number of carbonyl (C=O) groups is 1. The molecule has 2 heterocycles. The maximum Gasteiger partial charge on any atom is 0.284 e. The number of carbonyl (C=O) groups excluding carboxylic acids is 1. The zero-order valence-corrected chi connectivity index (χ0v) is 10.8. The predicted molar refractivity (Wildman–Crippen MR) is 65.4 cm³/mol. The lowest BCUT2D eigenvalue weighted by Crippen LogP contribution is -2.40. The van der Waals surface area contributed by atoms with Crippen LogP contribution in [0.15, 0.2) is 0 Å². The summed E-state index contributed by atoms with van der Waals surface area (Å²) in [6.45, 7) is 1.44. The molecule has 1 aliphatic rings. The summed E-state index contributed by atoms with van der Waals surface area (Å²) in [7, 11) is 3.58. The van der Waals surface area contributed by atoms with Crippen molar-refractivity contribution in [3.8, 4) is 0 Å². The molecule has 6 nitrogen and oxygen atoms in total. The van der Waals surface area contributed by atoms with Crippen molar-refractivity contribution in [1.29, 1.82) is 0 Å².